The minimum absolute atomic E-state index is 0.0371. The molecule has 3 N–H and O–H groups in total. The van der Waals surface area contributed by atoms with Gasteiger partial charge in [-0.25, -0.2) is 4.98 Å². The van der Waals surface area contributed by atoms with Gasteiger partial charge < -0.3 is 44.5 Å². The van der Waals surface area contributed by atoms with E-state index < -0.39 is 0 Å². The van der Waals surface area contributed by atoms with Crippen molar-refractivity contribution in [2.24, 2.45) is 0 Å². The molecular formula is C34H41N5O8. The molecule has 13 nitrogen and oxygen atoms in total. The first-order valence-electron chi connectivity index (χ1n) is 15.7. The van der Waals surface area contributed by atoms with Crippen molar-refractivity contribution in [3.63, 3.8) is 0 Å². The Labute approximate surface area is 273 Å². The van der Waals surface area contributed by atoms with E-state index >= 15 is 0 Å². The molecule has 2 aromatic carbocycles. The first-order chi connectivity index (χ1) is 23.0. The normalized spacial score (nSPS) is 14.0. The Balaban J connectivity index is 0.987. The zero-order chi connectivity index (χ0) is 32.8. The van der Waals surface area contributed by atoms with Gasteiger partial charge in [-0.1, -0.05) is 6.07 Å². The molecule has 0 radical (unpaired) electrons. The predicted molar refractivity (Wildman–Crippen MR) is 176 cm³/mol. The maximum Gasteiger partial charge on any atom is 0.273 e. The van der Waals surface area contributed by atoms with Crippen molar-refractivity contribution in [2.75, 3.05) is 95.0 Å². The molecule has 2 aliphatic rings. The number of morpholine rings is 1. The molecule has 1 saturated heterocycles. The van der Waals surface area contributed by atoms with Gasteiger partial charge in [0.25, 0.3) is 5.91 Å². The van der Waals surface area contributed by atoms with Crippen molar-refractivity contribution in [3.05, 3.63) is 65.9 Å². The Hall–Kier alpha value is -4.56. The average molecular weight is 648 g/mol. The average Bonchev–Trinajstić information content (AvgIpc) is 3.46. The van der Waals surface area contributed by atoms with Crippen LogP contribution >= 0.6 is 0 Å². The van der Waals surface area contributed by atoms with Crippen molar-refractivity contribution in [1.29, 1.82) is 0 Å². The first kappa shape index (κ1) is 33.8. The predicted octanol–water partition coefficient (Wildman–Crippen LogP) is 3.21. The second kappa shape index (κ2) is 17.4. The van der Waals surface area contributed by atoms with Crippen molar-refractivity contribution < 1.29 is 38.1 Å². The number of aromatic nitrogens is 1. The number of rotatable bonds is 17. The monoisotopic (exact) mass is 647 g/mol. The van der Waals surface area contributed by atoms with E-state index in [9.17, 15) is 14.4 Å². The molecule has 2 aliphatic heterocycles. The van der Waals surface area contributed by atoms with Crippen LogP contribution in [0.2, 0.25) is 0 Å². The lowest BCUT2D eigenvalue weighted by molar-refractivity contribution is -0.115. The number of carbonyl (C=O) groups excluding carboxylic acids is 3. The summed E-state index contributed by atoms with van der Waals surface area (Å²) in [5.41, 5.74) is 4.34. The summed E-state index contributed by atoms with van der Waals surface area (Å²) in [5, 5.41) is 8.81. The minimum atomic E-state index is -0.152. The molecule has 0 bridgehead atoms. The zero-order valence-electron chi connectivity index (χ0n) is 26.5. The van der Waals surface area contributed by atoms with E-state index in [0.29, 0.717) is 108 Å². The highest BCUT2D eigenvalue weighted by Crippen LogP contribution is 2.31. The number of amides is 3. The van der Waals surface area contributed by atoms with Gasteiger partial charge in [-0.3, -0.25) is 14.4 Å². The van der Waals surface area contributed by atoms with Crippen molar-refractivity contribution in [1.82, 2.24) is 9.88 Å². The van der Waals surface area contributed by atoms with Crippen LogP contribution in [0, 0.1) is 0 Å². The van der Waals surface area contributed by atoms with Gasteiger partial charge in [0.2, 0.25) is 11.8 Å². The molecule has 47 heavy (non-hydrogen) atoms. The fourth-order valence-electron chi connectivity index (χ4n) is 5.12. The molecule has 1 aromatic heterocycles. The largest absolute Gasteiger partial charge is 0.491 e. The van der Waals surface area contributed by atoms with Crippen LogP contribution in [0.4, 0.5) is 17.2 Å². The molecule has 3 amide bonds. The van der Waals surface area contributed by atoms with Gasteiger partial charge in [-0.2, -0.15) is 0 Å². The number of pyridine rings is 1. The van der Waals surface area contributed by atoms with E-state index in [1.807, 2.05) is 30.3 Å². The number of hydrogen-bond acceptors (Lipinski definition) is 10. The smallest absolute Gasteiger partial charge is 0.273 e. The van der Waals surface area contributed by atoms with Gasteiger partial charge in [0.05, 0.1) is 59.3 Å². The van der Waals surface area contributed by atoms with Gasteiger partial charge in [-0.05, 0) is 59.7 Å². The molecule has 250 valence electrons. The summed E-state index contributed by atoms with van der Waals surface area (Å²) in [6.07, 6.45) is 0.317. The second-order valence-electron chi connectivity index (χ2n) is 10.9. The highest BCUT2D eigenvalue weighted by molar-refractivity contribution is 6.02. The van der Waals surface area contributed by atoms with Gasteiger partial charge >= 0.3 is 0 Å². The number of nitrogens with one attached hydrogen (secondary N) is 3. The van der Waals surface area contributed by atoms with Crippen molar-refractivity contribution in [3.8, 4) is 16.9 Å². The lowest BCUT2D eigenvalue weighted by Crippen LogP contribution is -2.41. The summed E-state index contributed by atoms with van der Waals surface area (Å²) < 4.78 is 27.8. The SMILES string of the molecule is CC(=O)Nc1ccc(OCCOCCOCCOCCNc2ccc(-c3ccc4c(c3)CC(=O)N4)c(C(=O)N3CCOCC3)n2)cc1. The van der Waals surface area contributed by atoms with Crippen molar-refractivity contribution >= 4 is 34.9 Å². The van der Waals surface area contributed by atoms with Gasteiger partial charge in [0.1, 0.15) is 23.9 Å². The van der Waals surface area contributed by atoms with Crippen LogP contribution in [0.25, 0.3) is 11.1 Å². The zero-order valence-corrected chi connectivity index (χ0v) is 26.5. The second-order valence-corrected chi connectivity index (χ2v) is 10.9. The molecule has 0 unspecified atom stereocenters. The summed E-state index contributed by atoms with van der Waals surface area (Å²) >= 11 is 0. The molecule has 0 saturated carbocycles. The number of anilines is 3. The highest BCUT2D eigenvalue weighted by atomic mass is 16.6. The number of fused-ring (bicyclic) bond motifs is 1. The number of nitrogens with zero attached hydrogens (tertiary/aromatic N) is 2. The Morgan fingerprint density at radius 3 is 2.32 bits per heavy atom. The van der Waals surface area contributed by atoms with Crippen LogP contribution in [0.5, 0.6) is 5.75 Å². The third-order valence-electron chi connectivity index (χ3n) is 7.41. The van der Waals surface area contributed by atoms with Crippen LogP contribution in [-0.2, 0) is 35.0 Å². The maximum absolute atomic E-state index is 13.6. The van der Waals surface area contributed by atoms with Crippen LogP contribution < -0.4 is 20.7 Å². The summed E-state index contributed by atoms with van der Waals surface area (Å²) in [5.74, 6) is 0.971. The number of carbonyl (C=O) groups is 3. The fourth-order valence-corrected chi connectivity index (χ4v) is 5.12. The topological polar surface area (TPSA) is 150 Å². The molecule has 5 rings (SSSR count). The lowest BCUT2D eigenvalue weighted by Gasteiger charge is -2.27. The van der Waals surface area contributed by atoms with Crippen LogP contribution in [-0.4, -0.2) is 107 Å². The molecule has 0 aliphatic carbocycles. The lowest BCUT2D eigenvalue weighted by atomic mass is 9.99. The third-order valence-corrected chi connectivity index (χ3v) is 7.41. The Bertz CT molecular complexity index is 1510. The molecule has 1 fully saturated rings. The molecule has 0 spiro atoms. The van der Waals surface area contributed by atoms with Crippen LogP contribution in [0.15, 0.2) is 54.6 Å². The van der Waals surface area contributed by atoms with Gasteiger partial charge in [0, 0.05) is 43.5 Å². The molecule has 3 aromatic rings. The fraction of sp³-hybridized carbons (Fsp3) is 0.412. The Morgan fingerprint density at radius 1 is 0.894 bits per heavy atom. The first-order valence-corrected chi connectivity index (χ1v) is 15.7. The summed E-state index contributed by atoms with van der Waals surface area (Å²) in [7, 11) is 0. The molecule has 3 heterocycles. The summed E-state index contributed by atoms with van der Waals surface area (Å²) in [6.45, 7) is 7.00. The standard InChI is InChI=1S/C34H41N5O8/c1-24(40)36-27-3-5-28(6-4-27)47-21-20-46-19-18-45-17-16-43-13-10-35-31-9-7-29(25-2-8-30-26(22-25)23-32(41)37-30)33(38-31)34(42)39-11-14-44-15-12-39/h2-9,22H,10-21,23H2,1H3,(H,35,38)(H,36,40)(H,37,41). The number of benzene rings is 2. The molecule has 0 atom stereocenters. The number of hydrogen-bond donors (Lipinski definition) is 3. The van der Waals surface area contributed by atoms with E-state index in [-0.39, 0.29) is 17.7 Å². The highest BCUT2D eigenvalue weighted by Gasteiger charge is 2.25. The summed E-state index contributed by atoms with van der Waals surface area (Å²) in [6, 6.07) is 16.6. The van der Waals surface area contributed by atoms with Crippen molar-refractivity contribution in [2.45, 2.75) is 13.3 Å². The number of ether oxygens (including phenoxy) is 5. The van der Waals surface area contributed by atoms with E-state index in [4.69, 9.17) is 28.7 Å². The molecular weight excluding hydrogens is 606 g/mol. The van der Waals surface area contributed by atoms with Gasteiger partial charge in [0.15, 0.2) is 0 Å². The minimum Gasteiger partial charge on any atom is -0.491 e. The van der Waals surface area contributed by atoms with Gasteiger partial charge in [-0.15, -0.1) is 0 Å². The summed E-state index contributed by atoms with van der Waals surface area (Å²) in [4.78, 5) is 43.0. The maximum atomic E-state index is 13.6. The Morgan fingerprint density at radius 2 is 1.60 bits per heavy atom. The third kappa shape index (κ3) is 10.2. The Kier molecular flexibility index (Phi) is 12.5. The van der Waals surface area contributed by atoms with Crippen LogP contribution in [0.3, 0.4) is 0 Å². The van der Waals surface area contributed by atoms with E-state index in [1.165, 1.54) is 6.92 Å². The van der Waals surface area contributed by atoms with E-state index in [1.54, 1.807) is 29.2 Å². The van der Waals surface area contributed by atoms with E-state index in [0.717, 1.165) is 22.5 Å². The van der Waals surface area contributed by atoms with Crippen LogP contribution in [0.1, 0.15) is 23.0 Å². The quantitative estimate of drug-likeness (QED) is 0.187. The van der Waals surface area contributed by atoms with E-state index in [2.05, 4.69) is 16.0 Å². The molecule has 13 heteroatoms.